The Hall–Kier alpha value is -1.38. The van der Waals surface area contributed by atoms with Crippen molar-refractivity contribution in [2.45, 2.75) is 0 Å². The average Bonchev–Trinajstić information content (AvgIpc) is 2.14. The molecule has 0 radical (unpaired) electrons. The first-order valence-electron chi connectivity index (χ1n) is 3.61. The summed E-state index contributed by atoms with van der Waals surface area (Å²) in [5.74, 6) is 0. The Labute approximate surface area is 80.4 Å². The molecule has 0 aliphatic heterocycles. The number of hydrazine groups is 1. The molecule has 0 aliphatic carbocycles. The summed E-state index contributed by atoms with van der Waals surface area (Å²) in [4.78, 5) is 17.0. The van der Waals surface area contributed by atoms with Gasteiger partial charge in [-0.15, -0.1) is 5.20 Å². The third-order valence-electron chi connectivity index (χ3n) is 1.38. The van der Waals surface area contributed by atoms with E-state index in [9.17, 15) is 4.57 Å². The standard InChI is InChI=1S/C7H8N3O3P/c8-5-6-3-1-2-4-7(6)9-10-14(11,12)13/h1-4,9H,(H3,10,11,12,13). The van der Waals surface area contributed by atoms with Crippen LogP contribution in [0.15, 0.2) is 24.3 Å². The summed E-state index contributed by atoms with van der Waals surface area (Å²) >= 11 is 0. The third kappa shape index (κ3) is 3.17. The van der Waals surface area contributed by atoms with E-state index in [2.05, 4.69) is 5.43 Å². The predicted octanol–water partition coefficient (Wildman–Crippen LogP) is 0.567. The van der Waals surface area contributed by atoms with Gasteiger partial charge in [0.05, 0.1) is 11.3 Å². The Kier molecular flexibility index (Phi) is 3.23. The molecule has 0 spiro atoms. The first-order valence-corrected chi connectivity index (χ1v) is 5.22. The van der Waals surface area contributed by atoms with E-state index in [4.69, 9.17) is 15.0 Å². The van der Waals surface area contributed by atoms with Crippen molar-refractivity contribution >= 4 is 13.4 Å². The molecule has 7 heteroatoms. The lowest BCUT2D eigenvalue weighted by molar-refractivity contribution is 0.362. The lowest BCUT2D eigenvalue weighted by atomic mass is 10.2. The van der Waals surface area contributed by atoms with Gasteiger partial charge in [-0.25, -0.2) is 4.57 Å². The summed E-state index contributed by atoms with van der Waals surface area (Å²) in [5.41, 5.74) is 2.89. The zero-order chi connectivity index (χ0) is 10.6. The minimum atomic E-state index is -4.33. The van der Waals surface area contributed by atoms with Gasteiger partial charge in [0.15, 0.2) is 0 Å². The molecule has 4 N–H and O–H groups in total. The van der Waals surface area contributed by atoms with Crippen LogP contribution in [0.25, 0.3) is 0 Å². The molecule has 14 heavy (non-hydrogen) atoms. The lowest BCUT2D eigenvalue weighted by Crippen LogP contribution is -2.18. The Bertz CT molecular complexity index is 409. The zero-order valence-corrected chi connectivity index (χ0v) is 7.90. The molecule has 0 atom stereocenters. The number of hydrogen-bond acceptors (Lipinski definition) is 3. The van der Waals surface area contributed by atoms with Gasteiger partial charge in [0.1, 0.15) is 6.07 Å². The number of rotatable bonds is 3. The number of hydrogen-bond donors (Lipinski definition) is 4. The molecule has 1 aromatic rings. The second-order valence-electron chi connectivity index (χ2n) is 2.44. The van der Waals surface area contributed by atoms with Crippen LogP contribution < -0.4 is 10.6 Å². The fraction of sp³-hybridized carbons (Fsp3) is 0. The SMILES string of the molecule is N#Cc1ccccc1NNP(=O)(O)O. The van der Waals surface area contributed by atoms with Crippen LogP contribution in [0.2, 0.25) is 0 Å². The monoisotopic (exact) mass is 213 g/mol. The van der Waals surface area contributed by atoms with Crippen LogP contribution in [0.4, 0.5) is 5.69 Å². The molecule has 6 nitrogen and oxygen atoms in total. The summed E-state index contributed by atoms with van der Waals surface area (Å²) in [6.07, 6.45) is 0. The highest BCUT2D eigenvalue weighted by molar-refractivity contribution is 7.49. The van der Waals surface area contributed by atoms with Crippen molar-refractivity contribution in [3.63, 3.8) is 0 Å². The number of benzene rings is 1. The van der Waals surface area contributed by atoms with Gasteiger partial charge in [-0.2, -0.15) is 5.26 Å². The topological polar surface area (TPSA) is 105 Å². The second kappa shape index (κ2) is 4.22. The first-order chi connectivity index (χ1) is 6.53. The summed E-state index contributed by atoms with van der Waals surface area (Å²) in [6.45, 7) is 0. The highest BCUT2D eigenvalue weighted by atomic mass is 31.2. The molecule has 0 fully saturated rings. The van der Waals surface area contributed by atoms with E-state index in [0.29, 0.717) is 11.3 Å². The van der Waals surface area contributed by atoms with Crippen LogP contribution in [0, 0.1) is 11.3 Å². The molecule has 0 heterocycles. The lowest BCUT2D eigenvalue weighted by Gasteiger charge is -2.09. The van der Waals surface area contributed by atoms with Gasteiger partial charge < -0.3 is 15.2 Å². The number of nitrogens with one attached hydrogen (secondary N) is 2. The van der Waals surface area contributed by atoms with Crippen molar-refractivity contribution in [2.24, 2.45) is 0 Å². The van der Waals surface area contributed by atoms with Gasteiger partial charge in [-0.05, 0) is 12.1 Å². The molecule has 0 aromatic heterocycles. The Balaban J connectivity index is 2.78. The van der Waals surface area contributed by atoms with Gasteiger partial charge in [0.25, 0.3) is 0 Å². The Morgan fingerprint density at radius 2 is 2.00 bits per heavy atom. The molecule has 0 unspecified atom stereocenters. The second-order valence-corrected chi connectivity index (χ2v) is 3.75. The van der Waals surface area contributed by atoms with E-state index in [-0.39, 0.29) is 0 Å². The Morgan fingerprint density at radius 1 is 1.36 bits per heavy atom. The molecule has 1 aromatic carbocycles. The van der Waals surface area contributed by atoms with Crippen molar-refractivity contribution in [2.75, 3.05) is 5.43 Å². The molecule has 0 saturated carbocycles. The van der Waals surface area contributed by atoms with Crippen molar-refractivity contribution < 1.29 is 14.4 Å². The van der Waals surface area contributed by atoms with E-state index < -0.39 is 7.75 Å². The quantitative estimate of drug-likeness (QED) is 0.432. The maximum Gasteiger partial charge on any atom is 0.417 e. The van der Waals surface area contributed by atoms with Gasteiger partial charge in [0, 0.05) is 0 Å². The van der Waals surface area contributed by atoms with E-state index in [1.165, 1.54) is 12.1 Å². The molecule has 0 aliphatic rings. The van der Waals surface area contributed by atoms with Crippen molar-refractivity contribution in [1.82, 2.24) is 5.20 Å². The van der Waals surface area contributed by atoms with Crippen LogP contribution in [0.5, 0.6) is 0 Å². The summed E-state index contributed by atoms with van der Waals surface area (Å²) in [7, 11) is -4.33. The van der Waals surface area contributed by atoms with E-state index in [0.717, 1.165) is 0 Å². The van der Waals surface area contributed by atoms with Gasteiger partial charge in [-0.1, -0.05) is 12.1 Å². The largest absolute Gasteiger partial charge is 0.417 e. The number of para-hydroxylation sites is 1. The summed E-state index contributed by atoms with van der Waals surface area (Å²) in [5, 5.41) is 10.4. The smallest absolute Gasteiger partial charge is 0.311 e. The Morgan fingerprint density at radius 3 is 2.57 bits per heavy atom. The van der Waals surface area contributed by atoms with Gasteiger partial charge in [0.2, 0.25) is 0 Å². The minimum Gasteiger partial charge on any atom is -0.311 e. The summed E-state index contributed by atoms with van der Waals surface area (Å²) in [6, 6.07) is 8.23. The number of nitrogens with zero attached hydrogens (tertiary/aromatic N) is 1. The van der Waals surface area contributed by atoms with E-state index >= 15 is 0 Å². The van der Waals surface area contributed by atoms with Crippen molar-refractivity contribution in [3.8, 4) is 6.07 Å². The van der Waals surface area contributed by atoms with Gasteiger partial charge in [-0.3, -0.25) is 0 Å². The van der Waals surface area contributed by atoms with Crippen LogP contribution in [0.1, 0.15) is 5.56 Å². The van der Waals surface area contributed by atoms with Crippen LogP contribution in [-0.4, -0.2) is 9.79 Å². The molecular formula is C7H8N3O3P. The van der Waals surface area contributed by atoms with Crippen LogP contribution in [0.3, 0.4) is 0 Å². The maximum absolute atomic E-state index is 10.4. The molecule has 0 amide bonds. The maximum atomic E-state index is 10.4. The highest BCUT2D eigenvalue weighted by Crippen LogP contribution is 2.28. The zero-order valence-electron chi connectivity index (χ0n) is 7.01. The third-order valence-corrected chi connectivity index (χ3v) is 1.79. The fourth-order valence-electron chi connectivity index (χ4n) is 0.823. The predicted molar refractivity (Wildman–Crippen MR) is 50.0 cm³/mol. The van der Waals surface area contributed by atoms with Gasteiger partial charge >= 0.3 is 7.75 Å². The molecule has 0 bridgehead atoms. The molecule has 1 rings (SSSR count). The van der Waals surface area contributed by atoms with Crippen molar-refractivity contribution in [3.05, 3.63) is 29.8 Å². The first kappa shape index (κ1) is 10.7. The average molecular weight is 213 g/mol. The molecule has 74 valence electrons. The highest BCUT2D eigenvalue weighted by Gasteiger charge is 2.11. The normalized spacial score (nSPS) is 10.6. The minimum absolute atomic E-state index is 0.299. The summed E-state index contributed by atoms with van der Waals surface area (Å²) < 4.78 is 10.4. The molecule has 0 saturated heterocycles. The number of anilines is 1. The fourth-order valence-corrected chi connectivity index (χ4v) is 1.09. The van der Waals surface area contributed by atoms with E-state index in [1.807, 2.05) is 6.07 Å². The number of nitriles is 1. The van der Waals surface area contributed by atoms with E-state index in [1.54, 1.807) is 17.3 Å². The van der Waals surface area contributed by atoms with Crippen LogP contribution in [-0.2, 0) is 4.57 Å². The van der Waals surface area contributed by atoms with Crippen LogP contribution >= 0.6 is 7.75 Å². The van der Waals surface area contributed by atoms with Crippen molar-refractivity contribution in [1.29, 1.82) is 5.26 Å². The molecular weight excluding hydrogens is 205 g/mol.